The Morgan fingerprint density at radius 3 is 2.68 bits per heavy atom. The average Bonchev–Trinajstić information content (AvgIpc) is 2.76. The smallest absolute Gasteiger partial charge is 0.0897 e. The summed E-state index contributed by atoms with van der Waals surface area (Å²) in [5.74, 6) is 0.689. The van der Waals surface area contributed by atoms with Crippen LogP contribution in [0.5, 0.6) is 0 Å². The van der Waals surface area contributed by atoms with Crippen molar-refractivity contribution in [2.45, 2.75) is 33.2 Å². The third-order valence-corrected chi connectivity index (χ3v) is 4.12. The number of aromatic nitrogens is 1. The molecule has 1 aromatic carbocycles. The predicted molar refractivity (Wildman–Crippen MR) is 82.7 cm³/mol. The number of benzene rings is 1. The Hall–Kier alpha value is -1.19. The summed E-state index contributed by atoms with van der Waals surface area (Å²) in [6, 6.07) is 9.13. The molecule has 1 aromatic heterocycles. The predicted octanol–water partition coefficient (Wildman–Crippen LogP) is 3.96. The van der Waals surface area contributed by atoms with Crippen LogP contribution in [0.3, 0.4) is 0 Å². The number of hydrogen-bond acceptors (Lipinski definition) is 3. The van der Waals surface area contributed by atoms with Crippen LogP contribution in [-0.4, -0.2) is 12.0 Å². The van der Waals surface area contributed by atoms with Crippen LogP contribution in [0.15, 0.2) is 30.5 Å². The molecule has 2 nitrogen and oxygen atoms in total. The molecule has 0 aliphatic rings. The van der Waals surface area contributed by atoms with E-state index < -0.39 is 0 Å². The first-order valence-electron chi connectivity index (χ1n) is 6.78. The highest BCUT2D eigenvalue weighted by atomic mass is 32.1. The maximum Gasteiger partial charge on any atom is 0.0897 e. The summed E-state index contributed by atoms with van der Waals surface area (Å²) >= 11 is 1.76. The van der Waals surface area contributed by atoms with Crippen molar-refractivity contribution in [1.82, 2.24) is 10.3 Å². The van der Waals surface area contributed by atoms with E-state index in [1.807, 2.05) is 13.2 Å². The lowest BCUT2D eigenvalue weighted by atomic mass is 9.98. The minimum absolute atomic E-state index is 0.248. The van der Waals surface area contributed by atoms with Gasteiger partial charge in [0.2, 0.25) is 0 Å². The van der Waals surface area contributed by atoms with Gasteiger partial charge in [0.15, 0.2) is 0 Å². The maximum absolute atomic E-state index is 4.36. The van der Waals surface area contributed by atoms with Crippen LogP contribution in [0.4, 0.5) is 0 Å². The van der Waals surface area contributed by atoms with Crippen LogP contribution in [0.25, 0.3) is 0 Å². The standard InChI is InChI=1S/C16H22N2S/c1-11(2)8-13-6-5-7-14(9-13)16(17-4)15-10-18-12(3)19-15/h5-7,9-11,16-17H,8H2,1-4H3. The summed E-state index contributed by atoms with van der Waals surface area (Å²) in [6.07, 6.45) is 3.11. The van der Waals surface area contributed by atoms with Gasteiger partial charge in [0.1, 0.15) is 0 Å². The lowest BCUT2D eigenvalue weighted by Crippen LogP contribution is -2.16. The molecule has 1 unspecified atom stereocenters. The molecule has 19 heavy (non-hydrogen) atoms. The Bertz CT molecular complexity index is 531. The zero-order valence-electron chi connectivity index (χ0n) is 12.1. The monoisotopic (exact) mass is 274 g/mol. The molecule has 0 aliphatic carbocycles. The maximum atomic E-state index is 4.36. The molecule has 1 N–H and O–H groups in total. The largest absolute Gasteiger partial charge is 0.309 e. The Morgan fingerprint density at radius 2 is 2.11 bits per heavy atom. The first-order valence-corrected chi connectivity index (χ1v) is 7.60. The molecule has 0 fully saturated rings. The van der Waals surface area contributed by atoms with Crippen molar-refractivity contribution in [3.63, 3.8) is 0 Å². The number of nitrogens with one attached hydrogen (secondary N) is 1. The minimum atomic E-state index is 0.248. The summed E-state index contributed by atoms with van der Waals surface area (Å²) < 4.78 is 0. The molecule has 0 amide bonds. The number of rotatable bonds is 5. The van der Waals surface area contributed by atoms with E-state index in [0.29, 0.717) is 5.92 Å². The van der Waals surface area contributed by atoms with Crippen LogP contribution in [0.1, 0.15) is 40.9 Å². The summed E-state index contributed by atoms with van der Waals surface area (Å²) in [6.45, 7) is 6.57. The fourth-order valence-electron chi connectivity index (χ4n) is 2.36. The highest BCUT2D eigenvalue weighted by molar-refractivity contribution is 7.11. The Kier molecular flexibility index (Phi) is 4.72. The van der Waals surface area contributed by atoms with Gasteiger partial charge in [-0.3, -0.25) is 0 Å². The molecule has 1 heterocycles. The minimum Gasteiger partial charge on any atom is -0.309 e. The van der Waals surface area contributed by atoms with E-state index in [0.717, 1.165) is 11.4 Å². The van der Waals surface area contributed by atoms with E-state index in [1.165, 1.54) is 16.0 Å². The van der Waals surface area contributed by atoms with Crippen molar-refractivity contribution >= 4 is 11.3 Å². The number of hydrogen-bond donors (Lipinski definition) is 1. The Morgan fingerprint density at radius 1 is 1.32 bits per heavy atom. The Labute approximate surface area is 119 Å². The molecule has 0 saturated heterocycles. The van der Waals surface area contributed by atoms with Gasteiger partial charge >= 0.3 is 0 Å². The van der Waals surface area contributed by atoms with Gasteiger partial charge in [-0.05, 0) is 37.4 Å². The van der Waals surface area contributed by atoms with Gasteiger partial charge in [-0.2, -0.15) is 0 Å². The van der Waals surface area contributed by atoms with Crippen molar-refractivity contribution in [2.75, 3.05) is 7.05 Å². The topological polar surface area (TPSA) is 24.9 Å². The van der Waals surface area contributed by atoms with Crippen molar-refractivity contribution in [1.29, 1.82) is 0 Å². The van der Waals surface area contributed by atoms with Gasteiger partial charge in [-0.1, -0.05) is 38.1 Å². The van der Waals surface area contributed by atoms with Gasteiger partial charge in [-0.25, -0.2) is 4.98 Å². The lowest BCUT2D eigenvalue weighted by Gasteiger charge is -2.16. The van der Waals surface area contributed by atoms with E-state index in [-0.39, 0.29) is 6.04 Å². The fraction of sp³-hybridized carbons (Fsp3) is 0.438. The number of nitrogens with zero attached hydrogens (tertiary/aromatic N) is 1. The molecule has 102 valence electrons. The zero-order chi connectivity index (χ0) is 13.8. The average molecular weight is 274 g/mol. The Balaban J connectivity index is 2.28. The molecular weight excluding hydrogens is 252 g/mol. The summed E-state index contributed by atoms with van der Waals surface area (Å²) in [5, 5.41) is 4.52. The molecule has 0 spiro atoms. The van der Waals surface area contributed by atoms with Gasteiger partial charge in [0, 0.05) is 11.1 Å². The van der Waals surface area contributed by atoms with Crippen molar-refractivity contribution < 1.29 is 0 Å². The second kappa shape index (κ2) is 6.31. The van der Waals surface area contributed by atoms with Gasteiger partial charge in [-0.15, -0.1) is 11.3 Å². The van der Waals surface area contributed by atoms with Gasteiger partial charge in [0.05, 0.1) is 11.0 Å². The third-order valence-electron chi connectivity index (χ3n) is 3.14. The second-order valence-corrected chi connectivity index (χ2v) is 6.61. The van der Waals surface area contributed by atoms with E-state index >= 15 is 0 Å². The van der Waals surface area contributed by atoms with E-state index in [9.17, 15) is 0 Å². The molecule has 1 atom stereocenters. The van der Waals surface area contributed by atoms with Crippen LogP contribution < -0.4 is 5.32 Å². The quantitative estimate of drug-likeness (QED) is 0.892. The molecule has 2 aromatic rings. The summed E-state index contributed by atoms with van der Waals surface area (Å²) in [4.78, 5) is 5.64. The molecule has 0 bridgehead atoms. The first-order chi connectivity index (χ1) is 9.10. The number of thiazole rings is 1. The van der Waals surface area contributed by atoms with Crippen LogP contribution in [-0.2, 0) is 6.42 Å². The third kappa shape index (κ3) is 3.64. The summed E-state index contributed by atoms with van der Waals surface area (Å²) in [7, 11) is 2.01. The lowest BCUT2D eigenvalue weighted by molar-refractivity contribution is 0.643. The van der Waals surface area contributed by atoms with Crippen LogP contribution >= 0.6 is 11.3 Å². The molecule has 0 aliphatic heterocycles. The zero-order valence-corrected chi connectivity index (χ0v) is 12.9. The van der Waals surface area contributed by atoms with E-state index in [2.05, 4.69) is 55.3 Å². The molecule has 0 radical (unpaired) electrons. The van der Waals surface area contributed by atoms with Crippen molar-refractivity contribution in [3.05, 3.63) is 51.5 Å². The second-order valence-electron chi connectivity index (χ2n) is 5.35. The summed E-state index contributed by atoms with van der Waals surface area (Å²) in [5.41, 5.74) is 2.73. The SMILES string of the molecule is CNC(c1cccc(CC(C)C)c1)c1cnc(C)s1. The van der Waals surface area contributed by atoms with Crippen LogP contribution in [0, 0.1) is 12.8 Å². The molecular formula is C16H22N2S. The highest BCUT2D eigenvalue weighted by Crippen LogP contribution is 2.27. The molecule has 2 rings (SSSR count). The molecule has 3 heteroatoms. The van der Waals surface area contributed by atoms with Crippen molar-refractivity contribution in [3.8, 4) is 0 Å². The van der Waals surface area contributed by atoms with Gasteiger partial charge in [0.25, 0.3) is 0 Å². The first kappa shape index (κ1) is 14.2. The van der Waals surface area contributed by atoms with E-state index in [4.69, 9.17) is 0 Å². The number of aryl methyl sites for hydroxylation is 1. The molecule has 0 saturated carbocycles. The highest BCUT2D eigenvalue weighted by Gasteiger charge is 2.14. The van der Waals surface area contributed by atoms with Crippen molar-refractivity contribution in [2.24, 2.45) is 5.92 Å². The van der Waals surface area contributed by atoms with Crippen LogP contribution in [0.2, 0.25) is 0 Å². The normalized spacial score (nSPS) is 12.9. The van der Waals surface area contributed by atoms with E-state index in [1.54, 1.807) is 11.3 Å². The van der Waals surface area contributed by atoms with Gasteiger partial charge < -0.3 is 5.32 Å². The fourth-order valence-corrected chi connectivity index (χ4v) is 3.28.